The maximum absolute atomic E-state index is 12.4. The van der Waals surface area contributed by atoms with E-state index in [9.17, 15) is 4.79 Å². The van der Waals surface area contributed by atoms with Gasteiger partial charge in [-0.05, 0) is 50.2 Å². The summed E-state index contributed by atoms with van der Waals surface area (Å²) < 4.78 is 10.9. The lowest BCUT2D eigenvalue weighted by molar-refractivity contribution is 0.0398. The third-order valence-electron chi connectivity index (χ3n) is 4.35. The Kier molecular flexibility index (Phi) is 7.22. The number of hydrogen-bond donors (Lipinski definition) is 2. The molecule has 1 aromatic carbocycles. The van der Waals surface area contributed by atoms with Crippen molar-refractivity contribution in [2.45, 2.75) is 20.0 Å². The SMILES string of the molecule is CC(C)Oc1ccc(NC(=O)c2ccc(NCCN3CCOCC3)nc2)cc1. The number of nitrogens with one attached hydrogen (secondary N) is 2. The van der Waals surface area contributed by atoms with Crippen LogP contribution in [0.1, 0.15) is 24.2 Å². The fraction of sp³-hybridized carbons (Fsp3) is 0.429. The van der Waals surface area contributed by atoms with Crippen molar-refractivity contribution in [2.75, 3.05) is 50.0 Å². The molecule has 28 heavy (non-hydrogen) atoms. The molecule has 2 aromatic rings. The Morgan fingerprint density at radius 3 is 2.57 bits per heavy atom. The van der Waals surface area contributed by atoms with E-state index in [2.05, 4.69) is 20.5 Å². The molecule has 7 nitrogen and oxygen atoms in total. The van der Waals surface area contributed by atoms with Crippen molar-refractivity contribution in [3.8, 4) is 5.75 Å². The Labute approximate surface area is 166 Å². The number of morpholine rings is 1. The highest BCUT2D eigenvalue weighted by Crippen LogP contribution is 2.17. The van der Waals surface area contributed by atoms with E-state index < -0.39 is 0 Å². The second kappa shape index (κ2) is 10.1. The fourth-order valence-corrected chi connectivity index (χ4v) is 2.89. The number of amides is 1. The molecule has 1 aliphatic heterocycles. The van der Waals surface area contributed by atoms with Crippen molar-refractivity contribution in [3.05, 3.63) is 48.2 Å². The summed E-state index contributed by atoms with van der Waals surface area (Å²) in [6.07, 6.45) is 1.70. The van der Waals surface area contributed by atoms with Gasteiger partial charge in [-0.25, -0.2) is 4.98 Å². The second-order valence-electron chi connectivity index (χ2n) is 6.96. The number of ether oxygens (including phenoxy) is 2. The van der Waals surface area contributed by atoms with E-state index in [1.54, 1.807) is 12.3 Å². The van der Waals surface area contributed by atoms with Gasteiger partial charge in [-0.2, -0.15) is 0 Å². The zero-order valence-corrected chi connectivity index (χ0v) is 16.5. The summed E-state index contributed by atoms with van der Waals surface area (Å²) >= 11 is 0. The van der Waals surface area contributed by atoms with Crippen molar-refractivity contribution in [2.24, 2.45) is 0 Å². The van der Waals surface area contributed by atoms with Gasteiger partial charge in [0.15, 0.2) is 0 Å². The predicted molar refractivity (Wildman–Crippen MR) is 110 cm³/mol. The molecule has 2 heterocycles. The summed E-state index contributed by atoms with van der Waals surface area (Å²) in [6.45, 7) is 9.25. The molecule has 1 fully saturated rings. The summed E-state index contributed by atoms with van der Waals surface area (Å²) in [6, 6.07) is 10.9. The van der Waals surface area contributed by atoms with Gasteiger partial charge >= 0.3 is 0 Å². The highest BCUT2D eigenvalue weighted by molar-refractivity contribution is 6.04. The number of benzene rings is 1. The number of aromatic nitrogens is 1. The summed E-state index contributed by atoms with van der Waals surface area (Å²) in [7, 11) is 0. The smallest absolute Gasteiger partial charge is 0.257 e. The first-order valence-corrected chi connectivity index (χ1v) is 9.68. The molecule has 0 atom stereocenters. The van der Waals surface area contributed by atoms with Gasteiger partial charge in [-0.3, -0.25) is 9.69 Å². The Bertz CT molecular complexity index is 741. The van der Waals surface area contributed by atoms with Gasteiger partial charge in [0.2, 0.25) is 0 Å². The Balaban J connectivity index is 1.46. The molecule has 1 amide bonds. The molecule has 3 rings (SSSR count). The van der Waals surface area contributed by atoms with Crippen molar-refractivity contribution in [1.82, 2.24) is 9.88 Å². The monoisotopic (exact) mass is 384 g/mol. The van der Waals surface area contributed by atoms with Crippen LogP contribution in [0, 0.1) is 0 Å². The zero-order valence-electron chi connectivity index (χ0n) is 16.5. The van der Waals surface area contributed by atoms with E-state index >= 15 is 0 Å². The maximum Gasteiger partial charge on any atom is 0.257 e. The molecular weight excluding hydrogens is 356 g/mol. The summed E-state index contributed by atoms with van der Waals surface area (Å²) in [5.74, 6) is 1.35. The minimum atomic E-state index is -0.190. The van der Waals surface area contributed by atoms with Crippen molar-refractivity contribution in [3.63, 3.8) is 0 Å². The van der Waals surface area contributed by atoms with E-state index in [0.29, 0.717) is 11.3 Å². The lowest BCUT2D eigenvalue weighted by Crippen LogP contribution is -2.39. The first kappa shape index (κ1) is 20.1. The highest BCUT2D eigenvalue weighted by atomic mass is 16.5. The average Bonchev–Trinajstić information content (AvgIpc) is 2.70. The van der Waals surface area contributed by atoms with Gasteiger partial charge in [0.25, 0.3) is 5.91 Å². The molecule has 0 spiro atoms. The molecule has 150 valence electrons. The number of carbonyl (C=O) groups is 1. The predicted octanol–water partition coefficient (Wildman–Crippen LogP) is 2.87. The van der Waals surface area contributed by atoms with Crippen LogP contribution < -0.4 is 15.4 Å². The number of hydrogen-bond acceptors (Lipinski definition) is 6. The molecule has 7 heteroatoms. The molecule has 2 N–H and O–H groups in total. The molecule has 1 aromatic heterocycles. The van der Waals surface area contributed by atoms with Crippen LogP contribution in [0.5, 0.6) is 5.75 Å². The molecule has 1 saturated heterocycles. The molecule has 0 aliphatic carbocycles. The van der Waals surface area contributed by atoms with Crippen molar-refractivity contribution in [1.29, 1.82) is 0 Å². The van der Waals surface area contributed by atoms with Crippen LogP contribution in [0.2, 0.25) is 0 Å². The van der Waals surface area contributed by atoms with Gasteiger partial charge in [0.05, 0.1) is 24.9 Å². The summed E-state index contributed by atoms with van der Waals surface area (Å²) in [4.78, 5) is 19.1. The van der Waals surface area contributed by atoms with Gasteiger partial charge in [0, 0.05) is 38.1 Å². The van der Waals surface area contributed by atoms with E-state index in [4.69, 9.17) is 9.47 Å². The average molecular weight is 384 g/mol. The Morgan fingerprint density at radius 2 is 1.93 bits per heavy atom. The minimum absolute atomic E-state index is 0.118. The third-order valence-corrected chi connectivity index (χ3v) is 4.35. The Hall–Kier alpha value is -2.64. The minimum Gasteiger partial charge on any atom is -0.491 e. The summed E-state index contributed by atoms with van der Waals surface area (Å²) in [5.41, 5.74) is 1.23. The Morgan fingerprint density at radius 1 is 1.18 bits per heavy atom. The largest absolute Gasteiger partial charge is 0.491 e. The maximum atomic E-state index is 12.4. The number of rotatable bonds is 8. The number of carbonyl (C=O) groups excluding carboxylic acids is 1. The number of anilines is 2. The topological polar surface area (TPSA) is 75.7 Å². The van der Waals surface area contributed by atoms with Gasteiger partial charge in [0.1, 0.15) is 11.6 Å². The lowest BCUT2D eigenvalue weighted by Gasteiger charge is -2.26. The van der Waals surface area contributed by atoms with Crippen LogP contribution >= 0.6 is 0 Å². The molecular formula is C21H28N4O3. The lowest BCUT2D eigenvalue weighted by atomic mass is 10.2. The third kappa shape index (κ3) is 6.21. The van der Waals surface area contributed by atoms with E-state index in [0.717, 1.165) is 51.0 Å². The van der Waals surface area contributed by atoms with Gasteiger partial charge in [-0.15, -0.1) is 0 Å². The fourth-order valence-electron chi connectivity index (χ4n) is 2.89. The molecule has 0 unspecified atom stereocenters. The highest BCUT2D eigenvalue weighted by Gasteiger charge is 2.10. The van der Waals surface area contributed by atoms with Gasteiger partial charge in [-0.1, -0.05) is 0 Å². The van der Waals surface area contributed by atoms with Crippen LogP contribution in [0.15, 0.2) is 42.6 Å². The van der Waals surface area contributed by atoms with E-state index in [-0.39, 0.29) is 12.0 Å². The molecule has 1 aliphatic rings. The van der Waals surface area contributed by atoms with Crippen LogP contribution in [0.4, 0.5) is 11.5 Å². The van der Waals surface area contributed by atoms with Crippen molar-refractivity contribution >= 4 is 17.4 Å². The first-order valence-electron chi connectivity index (χ1n) is 9.68. The van der Waals surface area contributed by atoms with Crippen LogP contribution in [-0.4, -0.2) is 61.3 Å². The summed E-state index contributed by atoms with van der Waals surface area (Å²) in [5, 5.41) is 6.16. The number of nitrogens with zero attached hydrogens (tertiary/aromatic N) is 2. The molecule has 0 radical (unpaired) electrons. The van der Waals surface area contributed by atoms with E-state index in [1.165, 1.54) is 0 Å². The van der Waals surface area contributed by atoms with Crippen LogP contribution in [-0.2, 0) is 4.74 Å². The second-order valence-corrected chi connectivity index (χ2v) is 6.96. The first-order chi connectivity index (χ1) is 13.6. The van der Waals surface area contributed by atoms with Crippen LogP contribution in [0.3, 0.4) is 0 Å². The quantitative estimate of drug-likeness (QED) is 0.729. The number of pyridine rings is 1. The molecule has 0 saturated carbocycles. The standard InChI is InChI=1S/C21H28N4O3/c1-16(2)28-19-6-4-18(5-7-19)24-21(26)17-3-8-20(23-15-17)22-9-10-25-11-13-27-14-12-25/h3-8,15-16H,9-14H2,1-2H3,(H,22,23)(H,24,26). The van der Waals surface area contributed by atoms with E-state index in [1.807, 2.05) is 44.2 Å². The zero-order chi connectivity index (χ0) is 19.8. The van der Waals surface area contributed by atoms with Crippen LogP contribution in [0.25, 0.3) is 0 Å². The van der Waals surface area contributed by atoms with Crippen molar-refractivity contribution < 1.29 is 14.3 Å². The normalized spacial score (nSPS) is 14.7. The molecule has 0 bridgehead atoms. The van der Waals surface area contributed by atoms with Gasteiger partial charge < -0.3 is 20.1 Å².